The molecule has 0 aromatic carbocycles. The number of rotatable bonds is 2. The summed E-state index contributed by atoms with van der Waals surface area (Å²) in [7, 11) is 1.50. The number of halogens is 3. The highest BCUT2D eigenvalue weighted by Crippen LogP contribution is 2.30. The van der Waals surface area contributed by atoms with Gasteiger partial charge in [-0.15, -0.1) is 0 Å². The number of nitrogens with zero attached hydrogens (tertiary/aromatic N) is 3. The second kappa shape index (κ2) is 4.72. The molecule has 94 valence electrons. The minimum Gasteiger partial charge on any atom is -0.480 e. The van der Waals surface area contributed by atoms with Crippen molar-refractivity contribution in [1.82, 2.24) is 9.97 Å². The molecule has 0 radical (unpaired) electrons. The van der Waals surface area contributed by atoms with Crippen molar-refractivity contribution in [3.63, 3.8) is 0 Å². The molecule has 0 bridgehead atoms. The summed E-state index contributed by atoms with van der Waals surface area (Å²) in [6.45, 7) is 0.523. The van der Waals surface area contributed by atoms with Gasteiger partial charge in [-0.3, -0.25) is 0 Å². The van der Waals surface area contributed by atoms with Crippen molar-refractivity contribution in [3.05, 3.63) is 10.7 Å². The fourth-order valence-electron chi connectivity index (χ4n) is 1.67. The van der Waals surface area contributed by atoms with E-state index in [2.05, 4.69) is 25.9 Å². The van der Waals surface area contributed by atoms with Crippen LogP contribution < -0.4 is 9.64 Å². The molecule has 1 aromatic rings. The summed E-state index contributed by atoms with van der Waals surface area (Å²) in [5, 5.41) is 0. The summed E-state index contributed by atoms with van der Waals surface area (Å²) in [5.41, 5.74) is 0. The average molecular weight is 308 g/mol. The molecule has 0 spiro atoms. The van der Waals surface area contributed by atoms with Crippen molar-refractivity contribution in [2.45, 2.75) is 18.8 Å². The van der Waals surface area contributed by atoms with Gasteiger partial charge in [-0.25, -0.2) is 13.8 Å². The predicted molar refractivity (Wildman–Crippen MR) is 62.7 cm³/mol. The first-order valence-electron chi connectivity index (χ1n) is 5.21. The van der Waals surface area contributed by atoms with E-state index in [9.17, 15) is 8.78 Å². The van der Waals surface area contributed by atoms with E-state index in [1.54, 1.807) is 11.1 Å². The highest BCUT2D eigenvalue weighted by Gasteiger charge is 2.34. The lowest BCUT2D eigenvalue weighted by Crippen LogP contribution is -2.40. The zero-order valence-corrected chi connectivity index (χ0v) is 10.9. The highest BCUT2D eigenvalue weighted by molar-refractivity contribution is 9.10. The highest BCUT2D eigenvalue weighted by atomic mass is 79.9. The lowest BCUT2D eigenvalue weighted by molar-refractivity contribution is -0.0222. The number of anilines is 1. The van der Waals surface area contributed by atoms with E-state index in [0.29, 0.717) is 16.3 Å². The molecule has 2 heterocycles. The van der Waals surface area contributed by atoms with Gasteiger partial charge in [0.05, 0.1) is 17.8 Å². The Balaban J connectivity index is 2.13. The average Bonchev–Trinajstić information content (AvgIpc) is 2.30. The van der Waals surface area contributed by atoms with Gasteiger partial charge >= 0.3 is 0 Å². The lowest BCUT2D eigenvalue weighted by Gasteiger charge is -2.31. The fourth-order valence-corrected chi connectivity index (χ4v) is 2.02. The monoisotopic (exact) mass is 307 g/mol. The van der Waals surface area contributed by atoms with Crippen molar-refractivity contribution in [3.8, 4) is 5.88 Å². The Labute approximate surface area is 106 Å². The normalized spacial score (nSPS) is 19.2. The molecule has 2 rings (SSSR count). The second-order valence-corrected chi connectivity index (χ2v) is 4.72. The van der Waals surface area contributed by atoms with E-state index >= 15 is 0 Å². The van der Waals surface area contributed by atoms with Gasteiger partial charge in [-0.05, 0) is 15.9 Å². The zero-order valence-electron chi connectivity index (χ0n) is 9.29. The first kappa shape index (κ1) is 12.5. The van der Waals surface area contributed by atoms with Crippen LogP contribution in [0.15, 0.2) is 10.7 Å². The molecule has 4 nitrogen and oxygen atoms in total. The molecule has 0 saturated carbocycles. The van der Waals surface area contributed by atoms with Gasteiger partial charge in [0.25, 0.3) is 5.92 Å². The molecule has 1 saturated heterocycles. The topological polar surface area (TPSA) is 38.2 Å². The zero-order chi connectivity index (χ0) is 12.5. The van der Waals surface area contributed by atoms with Crippen molar-refractivity contribution < 1.29 is 13.5 Å². The van der Waals surface area contributed by atoms with Gasteiger partial charge in [0.1, 0.15) is 0 Å². The molecule has 1 fully saturated rings. The van der Waals surface area contributed by atoms with Crippen molar-refractivity contribution in [1.29, 1.82) is 0 Å². The molecule has 7 heteroatoms. The fraction of sp³-hybridized carbons (Fsp3) is 0.600. The molecule has 0 amide bonds. The largest absolute Gasteiger partial charge is 0.480 e. The van der Waals surface area contributed by atoms with Gasteiger partial charge in [0, 0.05) is 25.9 Å². The Morgan fingerprint density at radius 2 is 2.06 bits per heavy atom. The Morgan fingerprint density at radius 1 is 1.41 bits per heavy atom. The van der Waals surface area contributed by atoms with Crippen LogP contribution in [-0.4, -0.2) is 36.1 Å². The number of hydrogen-bond donors (Lipinski definition) is 0. The lowest BCUT2D eigenvalue weighted by atomic mass is 10.1. The molecular weight excluding hydrogens is 296 g/mol. The summed E-state index contributed by atoms with van der Waals surface area (Å²) in [4.78, 5) is 10.0. The van der Waals surface area contributed by atoms with E-state index in [1.165, 1.54) is 7.11 Å². The molecule has 0 atom stereocenters. The standard InChI is InChI=1S/C10H12BrF2N3O/c1-17-8-7(11)6-14-9(15-8)16-4-2-10(12,13)3-5-16/h6H,2-5H2,1H3. The summed E-state index contributed by atoms with van der Waals surface area (Å²) in [6.07, 6.45) is 1.25. The Hall–Kier alpha value is -0.980. The molecule has 1 aromatic heterocycles. The van der Waals surface area contributed by atoms with Crippen LogP contribution in [0.5, 0.6) is 5.88 Å². The number of hydrogen-bond acceptors (Lipinski definition) is 4. The van der Waals surface area contributed by atoms with Crippen LogP contribution in [0.2, 0.25) is 0 Å². The minimum atomic E-state index is -2.56. The maximum absolute atomic E-state index is 13.0. The van der Waals surface area contributed by atoms with E-state index in [1.807, 2.05) is 0 Å². The molecule has 1 aliphatic rings. The van der Waals surface area contributed by atoms with E-state index in [0.717, 1.165) is 0 Å². The van der Waals surface area contributed by atoms with E-state index < -0.39 is 5.92 Å². The van der Waals surface area contributed by atoms with Crippen LogP contribution in [-0.2, 0) is 0 Å². The number of methoxy groups -OCH3 is 1. The third kappa shape index (κ3) is 2.83. The van der Waals surface area contributed by atoms with Crippen LogP contribution in [0.3, 0.4) is 0 Å². The van der Waals surface area contributed by atoms with Gasteiger partial charge in [-0.2, -0.15) is 4.98 Å². The predicted octanol–water partition coefficient (Wildman–Crippen LogP) is 2.48. The van der Waals surface area contributed by atoms with Crippen molar-refractivity contribution in [2.75, 3.05) is 25.1 Å². The third-order valence-corrected chi connectivity index (χ3v) is 3.21. The van der Waals surface area contributed by atoms with Crippen molar-refractivity contribution >= 4 is 21.9 Å². The number of ether oxygens (including phenoxy) is 1. The van der Waals surface area contributed by atoms with E-state index in [4.69, 9.17) is 4.74 Å². The Morgan fingerprint density at radius 3 is 2.65 bits per heavy atom. The first-order chi connectivity index (χ1) is 8.02. The Kier molecular flexibility index (Phi) is 3.46. The van der Waals surface area contributed by atoms with Gasteiger partial charge in [0.15, 0.2) is 0 Å². The second-order valence-electron chi connectivity index (χ2n) is 3.87. The molecule has 0 unspecified atom stereocenters. The number of piperidine rings is 1. The Bertz CT molecular complexity index is 407. The van der Waals surface area contributed by atoms with Crippen LogP contribution in [0.1, 0.15) is 12.8 Å². The van der Waals surface area contributed by atoms with Gasteiger partial charge in [0.2, 0.25) is 11.8 Å². The van der Waals surface area contributed by atoms with Crippen LogP contribution >= 0.6 is 15.9 Å². The molecule has 0 N–H and O–H groups in total. The van der Waals surface area contributed by atoms with Crippen LogP contribution in [0, 0.1) is 0 Å². The van der Waals surface area contributed by atoms with Crippen LogP contribution in [0.4, 0.5) is 14.7 Å². The first-order valence-corrected chi connectivity index (χ1v) is 6.00. The number of alkyl halides is 2. The molecule has 1 aliphatic heterocycles. The minimum absolute atomic E-state index is 0.158. The summed E-state index contributed by atoms with van der Waals surface area (Å²) in [5.74, 6) is -1.72. The third-order valence-electron chi connectivity index (χ3n) is 2.67. The molecule has 0 aliphatic carbocycles. The summed E-state index contributed by atoms with van der Waals surface area (Å²) < 4.78 is 31.7. The summed E-state index contributed by atoms with van der Waals surface area (Å²) >= 11 is 3.24. The quantitative estimate of drug-likeness (QED) is 0.841. The number of aromatic nitrogens is 2. The maximum atomic E-state index is 13.0. The van der Waals surface area contributed by atoms with Gasteiger partial charge < -0.3 is 9.64 Å². The van der Waals surface area contributed by atoms with Crippen molar-refractivity contribution in [2.24, 2.45) is 0 Å². The molecular formula is C10H12BrF2N3O. The SMILES string of the molecule is COc1nc(N2CCC(F)(F)CC2)ncc1Br. The van der Waals surface area contributed by atoms with Gasteiger partial charge in [-0.1, -0.05) is 0 Å². The smallest absolute Gasteiger partial charge is 0.251 e. The maximum Gasteiger partial charge on any atom is 0.251 e. The summed E-state index contributed by atoms with van der Waals surface area (Å²) in [6, 6.07) is 0. The molecule has 17 heavy (non-hydrogen) atoms. The van der Waals surface area contributed by atoms with E-state index in [-0.39, 0.29) is 25.9 Å². The van der Waals surface area contributed by atoms with Crippen LogP contribution in [0.25, 0.3) is 0 Å².